The van der Waals surface area contributed by atoms with Crippen molar-refractivity contribution in [3.8, 4) is 0 Å². The van der Waals surface area contributed by atoms with Crippen LogP contribution in [0, 0.1) is 5.53 Å². The molecule has 3 heterocycles. The van der Waals surface area contributed by atoms with Crippen LogP contribution in [0.2, 0.25) is 0 Å². The van der Waals surface area contributed by atoms with Gasteiger partial charge in [0.25, 0.3) is 33.7 Å². The van der Waals surface area contributed by atoms with Gasteiger partial charge in [-0.1, -0.05) is 55.5 Å². The number of alkyl halides is 1. The van der Waals surface area contributed by atoms with E-state index in [1.165, 1.54) is 23.6 Å². The molecule has 0 bridgehead atoms. The van der Waals surface area contributed by atoms with Gasteiger partial charge in [0, 0.05) is 143 Å². The van der Waals surface area contributed by atoms with Crippen LogP contribution >= 0.6 is 0 Å². The molecule has 3 aromatic carbocycles. The number of ether oxygens (including phenoxy) is 14. The number of Topliss-reactive ketones (excluding diaryl/α,β-unsaturated/α-hetero) is 2. The average Bonchev–Trinajstić information content (AvgIpc) is 1.64. The van der Waals surface area contributed by atoms with E-state index in [0.29, 0.717) is 198 Å². The van der Waals surface area contributed by atoms with Crippen LogP contribution in [0.25, 0.3) is 11.5 Å². The van der Waals surface area contributed by atoms with Crippen LogP contribution < -0.4 is 125 Å². The van der Waals surface area contributed by atoms with Crippen LogP contribution in [0.15, 0.2) is 72.8 Å². The molecule has 0 radical (unpaired) electrons. The summed E-state index contributed by atoms with van der Waals surface area (Å²) in [4.78, 5) is 118. The second-order valence-electron chi connectivity index (χ2n) is 26.2. The maximum atomic E-state index is 12.3. The minimum Gasteiger partial charge on any atom is -0.693 e. The minimum atomic E-state index is -3.33. The predicted octanol–water partition coefficient (Wildman–Crippen LogP) is -1.11. The second kappa shape index (κ2) is 96.4. The molecule has 41 nitrogen and oxygen atoms in total. The van der Waals surface area contributed by atoms with Crippen molar-refractivity contribution in [1.29, 1.82) is 5.53 Å². The number of rotatable bonds is 57. The summed E-state index contributed by atoms with van der Waals surface area (Å²) >= 11 is 0. The molecule has 3 aliphatic rings. The van der Waals surface area contributed by atoms with Gasteiger partial charge in [-0.25, -0.2) is 9.59 Å². The third-order valence-corrected chi connectivity index (χ3v) is 14.8. The van der Waals surface area contributed by atoms with Gasteiger partial charge in [0.05, 0.1) is 158 Å². The Kier molecular flexibility index (Phi) is 101. The van der Waals surface area contributed by atoms with E-state index >= 15 is 0 Å². The van der Waals surface area contributed by atoms with E-state index in [4.69, 9.17) is 106 Å². The third kappa shape index (κ3) is 81.6. The Labute approximate surface area is 839 Å². The van der Waals surface area contributed by atoms with E-state index in [1.807, 2.05) is 20.8 Å². The van der Waals surface area contributed by atoms with Crippen LogP contribution in [0.3, 0.4) is 0 Å². The average molecular weight is 1910 g/mol. The maximum absolute atomic E-state index is 12.3. The number of nitrogens with one attached hydrogen (secondary N) is 2. The molecule has 0 fully saturated rings. The van der Waals surface area contributed by atoms with Crippen LogP contribution in [0.4, 0.5) is 9.18 Å². The summed E-state index contributed by atoms with van der Waals surface area (Å²) in [5.41, 5.74) is 23.9. The van der Waals surface area contributed by atoms with Gasteiger partial charge in [-0.05, 0) is 110 Å². The molecule has 0 aromatic heterocycles. The summed E-state index contributed by atoms with van der Waals surface area (Å²) in [7, 11) is -4.33. The van der Waals surface area contributed by atoms with Crippen molar-refractivity contribution in [3.05, 3.63) is 118 Å². The first-order valence-corrected chi connectivity index (χ1v) is 42.6. The molecule has 6 rings (SSSR count). The molecule has 14 N–H and O–H groups in total. The van der Waals surface area contributed by atoms with Crippen LogP contribution in [-0.4, -0.2) is 365 Å². The van der Waals surface area contributed by atoms with Gasteiger partial charge < -0.3 is 130 Å². The number of carbonyl (C=O) groups excluding carboxylic acids is 10. The Morgan fingerprint density at radius 2 is 0.812 bits per heavy atom. The zero-order valence-corrected chi connectivity index (χ0v) is 83.6. The van der Waals surface area contributed by atoms with Crippen molar-refractivity contribution in [3.63, 3.8) is 0 Å². The van der Waals surface area contributed by atoms with Gasteiger partial charge in [-0.2, -0.15) is 8.42 Å². The molecule has 45 heteroatoms. The number of esters is 1. The van der Waals surface area contributed by atoms with Crippen molar-refractivity contribution >= 4 is 75.4 Å². The number of imide groups is 3. The fourth-order valence-electron chi connectivity index (χ4n) is 8.91. The van der Waals surface area contributed by atoms with E-state index in [2.05, 4.69) is 31.3 Å². The first-order chi connectivity index (χ1) is 60.5. The normalized spacial score (nSPS) is 11.6. The monoisotopic (exact) mass is 1900 g/mol. The SMILES string of the molecule is CC(=O)C=[N+]=N.CC(C)(C)OC(=O)NCCOCCCOCCN.CCCOCCCOCCOS(C)(=O)=O.CCOC(=O)COCCCOCC(C)=O.NCCOCCCOCCN.O=C1[N-]C(=O)c2ccccc21.O=C1c2ccccc2C(=O)N1CCOCCCOCCN1C(=O)c2ccccc2C1=O.OCCCO.OCCOCCCOCCO.[2H]CF.[K+].[K+].[NH2-]. The fourth-order valence-corrected chi connectivity index (χ4v) is 9.28. The topological polar surface area (TPSA) is 606 Å². The number of amides is 7. The van der Waals surface area contributed by atoms with Gasteiger partial charge in [0.2, 0.25) is 5.78 Å². The van der Waals surface area contributed by atoms with Gasteiger partial charge in [0.15, 0.2) is 5.78 Å². The molecule has 3 aromatic rings. The zero-order valence-electron chi connectivity index (χ0n) is 77.5. The molecule has 7 amide bonds. The van der Waals surface area contributed by atoms with Crippen molar-refractivity contribution in [2.75, 3.05) is 251 Å². The quantitative estimate of drug-likeness (QED) is 0.00473. The van der Waals surface area contributed by atoms with E-state index in [1.54, 1.807) is 79.7 Å². The van der Waals surface area contributed by atoms with Crippen LogP contribution in [0.1, 0.15) is 163 Å². The molecule has 724 valence electrons. The molecule has 0 aliphatic carbocycles. The number of halogens is 1. The number of fused-ring (bicyclic) bond motifs is 3. The molecule has 0 saturated heterocycles. The third-order valence-electron chi connectivity index (χ3n) is 14.2. The van der Waals surface area contributed by atoms with Gasteiger partial charge in [-0.15, -0.1) is 0 Å². The molecule has 128 heavy (non-hydrogen) atoms. The summed E-state index contributed by atoms with van der Waals surface area (Å²) in [6.45, 7) is 27.1. The Hall–Kier alpha value is -5.15. The summed E-state index contributed by atoms with van der Waals surface area (Å²) in [5, 5.41) is 38.3. The van der Waals surface area contributed by atoms with E-state index in [9.17, 15) is 60.8 Å². The van der Waals surface area contributed by atoms with Crippen molar-refractivity contribution in [2.45, 2.75) is 105 Å². The van der Waals surface area contributed by atoms with E-state index in [0.717, 1.165) is 64.4 Å². The Balaban J connectivity index is -0.000000270. The van der Waals surface area contributed by atoms with Gasteiger partial charge in [0.1, 0.15) is 18.8 Å². The Bertz CT molecular complexity index is 3300. The molecular formula is C83H142FK2N10O31S+. The molecule has 0 unspecified atom stereocenters. The predicted molar refractivity (Wildman–Crippen MR) is 464 cm³/mol. The maximum Gasteiger partial charge on any atom is 1.00 e. The number of hydrogen-bond donors (Lipinski definition) is 9. The first-order valence-electron chi connectivity index (χ1n) is 41.5. The van der Waals surface area contributed by atoms with Gasteiger partial charge >= 0.3 is 121 Å². The van der Waals surface area contributed by atoms with Crippen LogP contribution in [0.5, 0.6) is 0 Å². The van der Waals surface area contributed by atoms with Crippen molar-refractivity contribution in [1.82, 2.24) is 15.1 Å². The van der Waals surface area contributed by atoms with Crippen molar-refractivity contribution in [2.24, 2.45) is 17.2 Å². The molecule has 3 aliphatic heterocycles. The molecule has 0 saturated carbocycles. The summed E-state index contributed by atoms with van der Waals surface area (Å²) in [6, 6.07) is 20.2. The minimum absolute atomic E-state index is 0. The summed E-state index contributed by atoms with van der Waals surface area (Å²) in [6.07, 6.45) is 7.70. The summed E-state index contributed by atoms with van der Waals surface area (Å²) in [5.74, 6) is -2.56. The van der Waals surface area contributed by atoms with E-state index < -0.39 is 40.8 Å². The number of benzene rings is 3. The number of aliphatic hydroxyl groups is 4. The number of ketones is 2. The molecule has 0 atom stereocenters. The molecule has 0 spiro atoms. The Morgan fingerprint density at radius 3 is 1.10 bits per heavy atom. The second-order valence-corrected chi connectivity index (χ2v) is 27.8. The largest absolute Gasteiger partial charge is 1.00 e. The number of carbonyl (C=O) groups is 10. The number of hydrogen-bond acceptors (Lipinski definition) is 35. The first kappa shape index (κ1) is 134. The number of nitrogens with two attached hydrogens (primary N) is 4. The van der Waals surface area contributed by atoms with Gasteiger partial charge in [-0.3, -0.25) is 47.1 Å². The fraction of sp³-hybridized carbons (Fsp3) is 0.651. The molecular weight excluding hydrogens is 1760 g/mol. The van der Waals surface area contributed by atoms with Crippen LogP contribution in [-0.2, 0) is 95.0 Å². The number of nitrogens with zero attached hydrogens (tertiary/aromatic N) is 4. The van der Waals surface area contributed by atoms with Crippen molar-refractivity contribution < 1.29 is 261 Å². The summed E-state index contributed by atoms with van der Waals surface area (Å²) < 4.78 is 113. The zero-order chi connectivity index (χ0) is 95.1. The number of alkyl carbamates (subject to hydrolysis) is 1. The standard InChI is InChI=1S/C23H22N2O6.C12H26N2O4.C10H18O5.C9H20O5S.C8H5NO2.C7H18N2O2.C7H16O4.C3H5N2O.C3H8O2.CH3F.2K.H2N/c26-20-16-6-1-2-7-17(16)21(27)24(20)10-14-30-12-5-13-31-15-11-25-22(28)18-8-3-4-9-19(18)23(25)29;1-12(2,3)18-11(15)14-6-10-17-8-4-7-16-9-5-13;1-3-15-10(12)8-14-6-4-5-13-7-9(2)11;1-3-5-12-6-4-7-13-8-9-14-15(2,10)11;10-7-5-3-1-2-4-6(5)8(11)9-7;2*8-2-6-10-4-1-5-11-7-3-9;1-3(6)2-5-4;4-2-1-3-5;1-2;;;/h1-4,6-9H,5,10-15H2;4-10,13H2,1-3H3,(H,14,15);3-8H2,1-2H3;3-9H2,1-2H3;1-4H,(H,9,10,11);1-9H2;8-9H,1-7H2;2,4H,1H3;4-5H,1-3H2;1H3;;;1H2/q;;;;;;;+1;;;2*+1;-1/p-1/i;;;;;;;;;1D;;;. The Morgan fingerprint density at radius 1 is 0.492 bits per heavy atom. The van der Waals surface area contributed by atoms with E-state index in [-0.39, 0.29) is 223 Å². The number of aliphatic hydroxyl groups excluding tert-OH is 4. The smallest absolute Gasteiger partial charge is 0.693 e.